The largest absolute Gasteiger partial charge is 3.00 e. The van der Waals surface area contributed by atoms with Gasteiger partial charge in [-0.3, -0.25) is 0 Å². The van der Waals surface area contributed by atoms with Crippen LogP contribution in [-0.2, 0) is 14.4 Å². The minimum Gasteiger partial charge on any atom is -0.545 e. The van der Waals surface area contributed by atoms with Crippen LogP contribution < -0.4 is 15.3 Å². The first-order valence-electron chi connectivity index (χ1n) is 3.68. The van der Waals surface area contributed by atoms with Gasteiger partial charge in [0.15, 0.2) is 0 Å². The van der Waals surface area contributed by atoms with E-state index in [0.29, 0.717) is 0 Å². The molecule has 0 rings (SSSR count). The van der Waals surface area contributed by atoms with E-state index < -0.39 is 29.3 Å². The van der Waals surface area contributed by atoms with Crippen LogP contribution in [0.5, 0.6) is 0 Å². The Labute approximate surface area is 187 Å². The average Bonchev–Trinajstić information content (AvgIpc) is 2.14. The van der Waals surface area contributed by atoms with E-state index in [9.17, 15) is 29.7 Å². The summed E-state index contributed by atoms with van der Waals surface area (Å²) in [6.45, 7) is 0. The van der Waals surface area contributed by atoms with E-state index in [0.717, 1.165) is 0 Å². The Balaban J connectivity index is -0.000000108. The number of carboxylic acid groups (broad SMARTS) is 3. The number of hydrogen-bond donors (Lipinski definition) is 0. The van der Waals surface area contributed by atoms with Gasteiger partial charge >= 0.3 is 25.8 Å². The number of halogens is 9. The summed E-state index contributed by atoms with van der Waals surface area (Å²) in [7, 11) is 0. The van der Waals surface area contributed by atoms with Crippen molar-refractivity contribution in [1.29, 1.82) is 0 Å². The van der Waals surface area contributed by atoms with Gasteiger partial charge in [-0.25, -0.2) is 0 Å². The van der Waals surface area contributed by atoms with Crippen molar-refractivity contribution in [3.05, 3.63) is 0 Å². The molecule has 0 bridgehead atoms. The summed E-state index contributed by atoms with van der Waals surface area (Å²) in [4.78, 5) is 28.5. The Morgan fingerprint density at radius 3 is 0.545 bits per heavy atom. The van der Waals surface area contributed by atoms with E-state index in [4.69, 9.17) is 104 Å². The minimum absolute atomic E-state index is 0. The van der Waals surface area contributed by atoms with E-state index >= 15 is 0 Å². The maximum Gasteiger partial charge on any atom is 3.00 e. The molecule has 16 heteroatoms. The molecule has 0 spiro atoms. The molecule has 0 atom stereocenters. The molecule has 22 heavy (non-hydrogen) atoms. The van der Waals surface area contributed by atoms with Gasteiger partial charge in [0.2, 0.25) is 11.4 Å². The molecular formula is C6Cl9InO6. The van der Waals surface area contributed by atoms with Gasteiger partial charge in [-0.15, -0.1) is 0 Å². The molecule has 0 aromatic rings. The molecule has 6 nitrogen and oxygen atoms in total. The minimum atomic E-state index is -2.28. The van der Waals surface area contributed by atoms with Gasteiger partial charge in [0.25, 0.3) is 0 Å². The fourth-order valence-corrected chi connectivity index (χ4v) is 0. The maximum atomic E-state index is 9.51. The molecule has 0 radical (unpaired) electrons. The van der Waals surface area contributed by atoms with Crippen molar-refractivity contribution >= 4 is 148 Å². The molecule has 0 amide bonds. The van der Waals surface area contributed by atoms with Crippen molar-refractivity contribution in [3.8, 4) is 0 Å². The molecule has 0 saturated heterocycles. The molecular weight excluding hydrogens is 602 g/mol. The molecule has 0 aliphatic rings. The predicted molar refractivity (Wildman–Crippen MR) is 81.6 cm³/mol. The second kappa shape index (κ2) is 13.1. The van der Waals surface area contributed by atoms with E-state index in [1.54, 1.807) is 0 Å². The molecule has 0 N–H and O–H groups in total. The summed E-state index contributed by atoms with van der Waals surface area (Å²) in [6, 6.07) is 0. The van der Waals surface area contributed by atoms with E-state index in [1.165, 1.54) is 0 Å². The number of carboxylic acids is 3. The van der Waals surface area contributed by atoms with Crippen LogP contribution in [0.1, 0.15) is 0 Å². The van der Waals surface area contributed by atoms with Crippen molar-refractivity contribution in [1.82, 2.24) is 0 Å². The Morgan fingerprint density at radius 2 is 0.545 bits per heavy atom. The fourth-order valence-electron chi connectivity index (χ4n) is 0. The zero-order valence-electron chi connectivity index (χ0n) is 9.43. The van der Waals surface area contributed by atoms with Gasteiger partial charge in [-0.05, 0) is 0 Å². The molecule has 0 aromatic carbocycles. The molecule has 0 fully saturated rings. The van der Waals surface area contributed by atoms with E-state index in [2.05, 4.69) is 0 Å². The van der Waals surface area contributed by atoms with E-state index in [1.807, 2.05) is 0 Å². The number of hydrogen-bond acceptors (Lipinski definition) is 6. The predicted octanol–water partition coefficient (Wildman–Crippen LogP) is -0.0613. The van der Waals surface area contributed by atoms with Gasteiger partial charge in [0.05, 0.1) is 17.9 Å². The second-order valence-electron chi connectivity index (χ2n) is 2.36. The van der Waals surface area contributed by atoms with Gasteiger partial charge in [-0.1, -0.05) is 104 Å². The summed E-state index contributed by atoms with van der Waals surface area (Å²) >= 11 is 42.6. The van der Waals surface area contributed by atoms with Crippen molar-refractivity contribution in [3.63, 3.8) is 0 Å². The average molecular weight is 602 g/mol. The summed E-state index contributed by atoms with van der Waals surface area (Å²) in [5.74, 6) is -5.13. The standard InChI is InChI=1S/3C2HCl3O2.In/c3*3-2(4,5)1(6)7;/h3*(H,6,7);/q;;;+3/p-3. The topological polar surface area (TPSA) is 120 Å². The first-order valence-corrected chi connectivity index (χ1v) is 7.08. The quantitative estimate of drug-likeness (QED) is 0.359. The molecule has 0 saturated carbocycles. The third-order valence-electron chi connectivity index (χ3n) is 0.694. The third-order valence-corrected chi connectivity index (χ3v) is 2.08. The van der Waals surface area contributed by atoms with Crippen LogP contribution in [0.4, 0.5) is 0 Å². The first-order chi connectivity index (χ1) is 8.83. The van der Waals surface area contributed by atoms with Crippen molar-refractivity contribution in [2.75, 3.05) is 0 Å². The number of carbonyl (C=O) groups is 3. The zero-order chi connectivity index (χ0) is 18.2. The number of carbonyl (C=O) groups excluding carboxylic acids is 3. The normalized spacial score (nSPS) is 10.8. The Kier molecular flexibility index (Phi) is 18.9. The molecule has 0 heterocycles. The number of alkyl halides is 9. The van der Waals surface area contributed by atoms with Crippen molar-refractivity contribution in [2.24, 2.45) is 0 Å². The van der Waals surface area contributed by atoms with Crippen LogP contribution in [0, 0.1) is 0 Å². The molecule has 0 aliphatic heterocycles. The molecule has 0 aromatic heterocycles. The van der Waals surface area contributed by atoms with Crippen LogP contribution in [-0.4, -0.2) is 55.1 Å². The summed E-state index contributed by atoms with van der Waals surface area (Å²) in [6.07, 6.45) is 0. The first kappa shape index (κ1) is 31.6. The summed E-state index contributed by atoms with van der Waals surface area (Å²) in [5, 5.41) is 28.5. The van der Waals surface area contributed by atoms with Crippen molar-refractivity contribution in [2.45, 2.75) is 11.4 Å². The summed E-state index contributed by atoms with van der Waals surface area (Å²) in [5.41, 5.74) is 0. The third kappa shape index (κ3) is 24.1. The van der Waals surface area contributed by atoms with Crippen LogP contribution in [0.3, 0.4) is 0 Å². The smallest absolute Gasteiger partial charge is 0.545 e. The Hall–Kier alpha value is 1.89. The second-order valence-corrected chi connectivity index (χ2v) is 9.20. The van der Waals surface area contributed by atoms with Crippen LogP contribution in [0.2, 0.25) is 0 Å². The van der Waals surface area contributed by atoms with Gasteiger partial charge in [0.1, 0.15) is 0 Å². The Bertz CT molecular complexity index is 313. The Morgan fingerprint density at radius 1 is 0.500 bits per heavy atom. The molecule has 126 valence electrons. The maximum absolute atomic E-state index is 9.51. The molecule has 0 unspecified atom stereocenters. The molecule has 0 aliphatic carbocycles. The number of rotatable bonds is 0. The SMILES string of the molecule is O=C([O-])C(Cl)(Cl)Cl.O=C([O-])C(Cl)(Cl)Cl.O=C([O-])C(Cl)(Cl)Cl.[In+3]. The van der Waals surface area contributed by atoms with E-state index in [-0.39, 0.29) is 25.8 Å². The monoisotopic (exact) mass is 598 g/mol. The van der Waals surface area contributed by atoms with Crippen LogP contribution in [0.25, 0.3) is 0 Å². The van der Waals surface area contributed by atoms with Gasteiger partial charge < -0.3 is 29.7 Å². The van der Waals surface area contributed by atoms with Crippen LogP contribution in [0.15, 0.2) is 0 Å². The van der Waals surface area contributed by atoms with Crippen molar-refractivity contribution < 1.29 is 29.7 Å². The van der Waals surface area contributed by atoms with Gasteiger partial charge in [0, 0.05) is 0 Å². The van der Waals surface area contributed by atoms with Gasteiger partial charge in [-0.2, -0.15) is 0 Å². The fraction of sp³-hybridized carbons (Fsp3) is 0.500. The zero-order valence-corrected chi connectivity index (χ0v) is 19.5. The summed E-state index contributed by atoms with van der Waals surface area (Å²) < 4.78 is -6.83. The van der Waals surface area contributed by atoms with Crippen LogP contribution >= 0.6 is 104 Å². The number of aliphatic carboxylic acids is 3.